The minimum absolute atomic E-state index is 0.131. The summed E-state index contributed by atoms with van der Waals surface area (Å²) in [6, 6.07) is 0. The molecule has 0 radical (unpaired) electrons. The Hall–Kier alpha value is -1.78. The maximum atomic E-state index is 12.4. The third kappa shape index (κ3) is 5.61. The lowest BCUT2D eigenvalue weighted by atomic mass is 9.75. The predicted molar refractivity (Wildman–Crippen MR) is 97.6 cm³/mol. The van der Waals surface area contributed by atoms with Crippen molar-refractivity contribution in [3.05, 3.63) is 17.7 Å². The lowest BCUT2D eigenvalue weighted by molar-refractivity contribution is -0.153. The summed E-state index contributed by atoms with van der Waals surface area (Å²) in [5, 5.41) is 0. The molecule has 0 spiro atoms. The molecule has 0 amide bonds. The predicted octanol–water partition coefficient (Wildman–Crippen LogP) is 3.36. The van der Waals surface area contributed by atoms with Crippen molar-refractivity contribution in [2.24, 2.45) is 17.8 Å². The largest absolute Gasteiger partial charge is 0.453 e. The Morgan fingerprint density at radius 2 is 2.04 bits per heavy atom. The van der Waals surface area contributed by atoms with Crippen LogP contribution in [-0.4, -0.2) is 41.1 Å². The van der Waals surface area contributed by atoms with Crippen molar-refractivity contribution in [1.29, 1.82) is 0 Å². The van der Waals surface area contributed by atoms with Crippen LogP contribution in [0.3, 0.4) is 0 Å². The van der Waals surface area contributed by atoms with Crippen molar-refractivity contribution < 1.29 is 23.9 Å². The second kappa shape index (κ2) is 9.79. The number of ether oxygens (including phenoxy) is 2. The zero-order valence-corrected chi connectivity index (χ0v) is 16.0. The molecule has 6 nitrogen and oxygen atoms in total. The van der Waals surface area contributed by atoms with Gasteiger partial charge in [0, 0.05) is 0 Å². The maximum Gasteiger partial charge on any atom is 0.443 e. The third-order valence-corrected chi connectivity index (χ3v) is 5.42. The van der Waals surface area contributed by atoms with Gasteiger partial charge in [0.05, 0.1) is 6.10 Å². The van der Waals surface area contributed by atoms with Crippen LogP contribution in [0.2, 0.25) is 0 Å². The van der Waals surface area contributed by atoms with Crippen LogP contribution in [0.25, 0.3) is 5.53 Å². The molecule has 6 heteroatoms. The van der Waals surface area contributed by atoms with Gasteiger partial charge in [0.25, 0.3) is 5.78 Å². The first-order valence-corrected chi connectivity index (χ1v) is 9.66. The second-order valence-corrected chi connectivity index (χ2v) is 7.85. The number of carbonyl (C=O) groups is 2. The van der Waals surface area contributed by atoms with Crippen molar-refractivity contribution in [3.63, 3.8) is 0 Å². The van der Waals surface area contributed by atoms with Gasteiger partial charge < -0.3 is 15.0 Å². The number of ketones is 1. The van der Waals surface area contributed by atoms with E-state index in [9.17, 15) is 9.59 Å². The fourth-order valence-electron chi connectivity index (χ4n) is 3.83. The topological polar surface area (TPSA) is 89.0 Å². The van der Waals surface area contributed by atoms with E-state index in [0.29, 0.717) is 11.8 Å². The first-order valence-electron chi connectivity index (χ1n) is 9.66. The highest BCUT2D eigenvalue weighted by Crippen LogP contribution is 2.35. The van der Waals surface area contributed by atoms with Gasteiger partial charge in [-0.3, -0.25) is 4.79 Å². The van der Waals surface area contributed by atoms with Crippen molar-refractivity contribution in [3.8, 4) is 0 Å². The van der Waals surface area contributed by atoms with E-state index in [1.165, 1.54) is 0 Å². The Morgan fingerprint density at radius 3 is 2.65 bits per heavy atom. The molecule has 144 valence electrons. The van der Waals surface area contributed by atoms with Crippen LogP contribution in [0.4, 0.5) is 0 Å². The molecule has 4 atom stereocenters. The molecule has 2 aliphatic rings. The standard InChI is InChI=1S/C20H30N2O4/c1-13(2)16-10-9-14(3)11-18(16)26-20(24)19(22-21)17(23)12-25-15-7-5-4-6-8-15/h5,7,13-16,18H,4,6,8-12H2,1-3H3/t14-,15?,16+,18-/m1/s1. The molecule has 0 aromatic heterocycles. The van der Waals surface area contributed by atoms with E-state index in [0.717, 1.165) is 38.5 Å². The van der Waals surface area contributed by atoms with Crippen LogP contribution in [0, 0.1) is 17.8 Å². The number of allylic oxidation sites excluding steroid dienone is 1. The number of esters is 1. The molecule has 2 aliphatic carbocycles. The lowest BCUT2D eigenvalue weighted by Gasteiger charge is -2.36. The number of Topliss-reactive ketones (excluding diaryl/α,β-unsaturated/α-hetero) is 1. The van der Waals surface area contributed by atoms with E-state index < -0.39 is 17.5 Å². The van der Waals surface area contributed by atoms with Crippen molar-refractivity contribution in [2.75, 3.05) is 6.61 Å². The molecule has 2 rings (SSSR count). The molecule has 0 aromatic carbocycles. The lowest BCUT2D eigenvalue weighted by Crippen LogP contribution is -2.40. The van der Waals surface area contributed by atoms with E-state index >= 15 is 0 Å². The zero-order valence-electron chi connectivity index (χ0n) is 16.0. The summed E-state index contributed by atoms with van der Waals surface area (Å²) in [5.41, 5.74) is 8.58. The first-order chi connectivity index (χ1) is 12.4. The molecule has 0 heterocycles. The van der Waals surface area contributed by atoms with Crippen LogP contribution < -0.4 is 0 Å². The van der Waals surface area contributed by atoms with Crippen LogP contribution in [0.1, 0.15) is 59.3 Å². The Labute approximate surface area is 155 Å². The van der Waals surface area contributed by atoms with E-state index in [1.807, 2.05) is 12.2 Å². The van der Waals surface area contributed by atoms with Crippen LogP contribution in [-0.2, 0) is 19.1 Å². The number of rotatable bonds is 7. The number of carbonyl (C=O) groups excluding carboxylic acids is 2. The highest BCUT2D eigenvalue weighted by atomic mass is 16.5. The summed E-state index contributed by atoms with van der Waals surface area (Å²) in [7, 11) is 0. The van der Waals surface area contributed by atoms with Crippen LogP contribution in [0.5, 0.6) is 0 Å². The van der Waals surface area contributed by atoms with Gasteiger partial charge in [-0.25, -0.2) is 4.79 Å². The monoisotopic (exact) mass is 362 g/mol. The van der Waals surface area contributed by atoms with Gasteiger partial charge in [0.2, 0.25) is 0 Å². The molecule has 1 unspecified atom stereocenters. The highest BCUT2D eigenvalue weighted by molar-refractivity contribution is 6.62. The van der Waals surface area contributed by atoms with Gasteiger partial charge in [-0.05, 0) is 49.9 Å². The van der Waals surface area contributed by atoms with Gasteiger partial charge in [0.15, 0.2) is 0 Å². The Balaban J connectivity index is 1.94. The average molecular weight is 362 g/mol. The number of hydrogen-bond acceptors (Lipinski definition) is 4. The van der Waals surface area contributed by atoms with Gasteiger partial charge in [-0.15, -0.1) is 0 Å². The Kier molecular flexibility index (Phi) is 7.73. The third-order valence-electron chi connectivity index (χ3n) is 5.42. The average Bonchev–Trinajstić information content (AvgIpc) is 2.61. The normalized spacial score (nSPS) is 28.5. The SMILES string of the molecule is CC(C)[C@@H]1CC[C@@H](C)C[C@H]1OC(=O)C(=[N+]=[N-])C(=O)COC1C=CCCC1. The summed E-state index contributed by atoms with van der Waals surface area (Å²) in [4.78, 5) is 27.5. The molecule has 0 bridgehead atoms. The second-order valence-electron chi connectivity index (χ2n) is 7.85. The minimum Gasteiger partial charge on any atom is -0.453 e. The first kappa shape index (κ1) is 20.5. The molecule has 26 heavy (non-hydrogen) atoms. The Bertz CT molecular complexity index is 593. The molecule has 0 saturated heterocycles. The van der Waals surface area contributed by atoms with Crippen LogP contribution >= 0.6 is 0 Å². The zero-order chi connectivity index (χ0) is 19.1. The van der Waals surface area contributed by atoms with Crippen molar-refractivity contribution in [2.45, 2.75) is 71.5 Å². The van der Waals surface area contributed by atoms with Gasteiger partial charge in [0.1, 0.15) is 12.7 Å². The van der Waals surface area contributed by atoms with E-state index in [4.69, 9.17) is 15.0 Å². The fourth-order valence-corrected chi connectivity index (χ4v) is 3.83. The number of hydrogen-bond donors (Lipinski definition) is 0. The fraction of sp³-hybridized carbons (Fsp3) is 0.750. The molecular formula is C20H30N2O4. The molecule has 0 aliphatic heterocycles. The number of nitrogens with zero attached hydrogens (tertiary/aromatic N) is 2. The van der Waals surface area contributed by atoms with Gasteiger partial charge in [-0.1, -0.05) is 39.3 Å². The summed E-state index contributed by atoms with van der Waals surface area (Å²) in [6.45, 7) is 6.06. The minimum atomic E-state index is -0.856. The van der Waals surface area contributed by atoms with Gasteiger partial charge in [-0.2, -0.15) is 4.79 Å². The van der Waals surface area contributed by atoms with Crippen LogP contribution in [0.15, 0.2) is 12.2 Å². The smallest absolute Gasteiger partial charge is 0.443 e. The van der Waals surface area contributed by atoms with Crippen molar-refractivity contribution in [1.82, 2.24) is 0 Å². The molecular weight excluding hydrogens is 332 g/mol. The summed E-state index contributed by atoms with van der Waals surface area (Å²) in [6.07, 6.45) is 9.29. The molecule has 1 saturated carbocycles. The molecule has 1 fully saturated rings. The van der Waals surface area contributed by atoms with Crippen molar-refractivity contribution >= 4 is 17.5 Å². The summed E-state index contributed by atoms with van der Waals surface area (Å²) >= 11 is 0. The van der Waals surface area contributed by atoms with E-state index in [1.54, 1.807) is 0 Å². The molecule has 0 N–H and O–H groups in total. The van der Waals surface area contributed by atoms with Gasteiger partial charge >= 0.3 is 11.7 Å². The summed E-state index contributed by atoms with van der Waals surface area (Å²) in [5.74, 6) is -0.401. The van der Waals surface area contributed by atoms with E-state index in [2.05, 4.69) is 25.6 Å². The Morgan fingerprint density at radius 1 is 1.27 bits per heavy atom. The molecule has 0 aromatic rings. The maximum absolute atomic E-state index is 12.4. The van der Waals surface area contributed by atoms with E-state index in [-0.39, 0.29) is 24.7 Å². The summed E-state index contributed by atoms with van der Waals surface area (Å²) < 4.78 is 11.1. The quantitative estimate of drug-likeness (QED) is 0.173. The highest BCUT2D eigenvalue weighted by Gasteiger charge is 2.38.